The number of halogens is 2. The molecular weight excluding hydrogens is 246 g/mol. The molecule has 2 aliphatic rings. The van der Waals surface area contributed by atoms with Crippen molar-refractivity contribution in [1.82, 2.24) is 4.90 Å². The van der Waals surface area contributed by atoms with Crippen LogP contribution >= 0.6 is 0 Å². The van der Waals surface area contributed by atoms with Crippen molar-refractivity contribution in [2.45, 2.75) is 37.8 Å². The van der Waals surface area contributed by atoms with Crippen LogP contribution in [0.25, 0.3) is 0 Å². The fraction of sp³-hybridized carbons (Fsp3) is 0.600. The molecule has 104 valence electrons. The number of benzene rings is 1. The van der Waals surface area contributed by atoms with E-state index in [2.05, 4.69) is 4.90 Å². The van der Waals surface area contributed by atoms with Gasteiger partial charge in [-0.05, 0) is 49.8 Å². The molecule has 0 spiro atoms. The number of nitrogens with zero attached hydrogens (tertiary/aromatic N) is 1. The Bertz CT molecular complexity index is 455. The normalized spacial score (nSPS) is 20.8. The lowest BCUT2D eigenvalue weighted by molar-refractivity contribution is 0.236. The van der Waals surface area contributed by atoms with Crippen LogP contribution in [0, 0.1) is 17.6 Å². The third kappa shape index (κ3) is 3.31. The first-order valence-corrected chi connectivity index (χ1v) is 7.08. The molecule has 1 aromatic rings. The van der Waals surface area contributed by atoms with Crippen molar-refractivity contribution in [2.24, 2.45) is 11.7 Å². The zero-order valence-electron chi connectivity index (χ0n) is 11.0. The number of hydrogen-bond acceptors (Lipinski definition) is 2. The Labute approximate surface area is 112 Å². The lowest BCUT2D eigenvalue weighted by atomic mass is 10.1. The topological polar surface area (TPSA) is 29.3 Å². The Morgan fingerprint density at radius 2 is 1.95 bits per heavy atom. The summed E-state index contributed by atoms with van der Waals surface area (Å²) in [6.45, 7) is 1.69. The Morgan fingerprint density at radius 1 is 1.21 bits per heavy atom. The van der Waals surface area contributed by atoms with Crippen molar-refractivity contribution in [3.8, 4) is 0 Å². The average Bonchev–Trinajstić information content (AvgIpc) is 3.24. The summed E-state index contributed by atoms with van der Waals surface area (Å²) in [6.07, 6.45) is 5.02. The zero-order valence-corrected chi connectivity index (χ0v) is 11.0. The minimum Gasteiger partial charge on any atom is -0.323 e. The summed E-state index contributed by atoms with van der Waals surface area (Å²) < 4.78 is 26.9. The van der Waals surface area contributed by atoms with E-state index in [1.54, 1.807) is 0 Å². The minimum absolute atomic E-state index is 0.293. The van der Waals surface area contributed by atoms with E-state index in [4.69, 9.17) is 5.73 Å². The van der Waals surface area contributed by atoms with Crippen molar-refractivity contribution in [2.75, 3.05) is 13.1 Å². The molecular formula is C15H20F2N2. The summed E-state index contributed by atoms with van der Waals surface area (Å²) in [5, 5.41) is 0. The molecule has 0 bridgehead atoms. The van der Waals surface area contributed by atoms with Gasteiger partial charge in [-0.25, -0.2) is 8.78 Å². The first-order chi connectivity index (χ1) is 9.13. The number of hydrogen-bond donors (Lipinski definition) is 1. The van der Waals surface area contributed by atoms with E-state index in [-0.39, 0.29) is 0 Å². The first-order valence-electron chi connectivity index (χ1n) is 7.08. The molecule has 1 unspecified atom stereocenters. The van der Waals surface area contributed by atoms with Crippen LogP contribution in [0.3, 0.4) is 0 Å². The fourth-order valence-corrected chi connectivity index (χ4v) is 2.59. The van der Waals surface area contributed by atoms with Gasteiger partial charge in [0.1, 0.15) is 11.6 Å². The molecule has 2 aliphatic carbocycles. The van der Waals surface area contributed by atoms with E-state index in [9.17, 15) is 8.78 Å². The summed E-state index contributed by atoms with van der Waals surface area (Å²) in [7, 11) is 0. The van der Waals surface area contributed by atoms with Crippen molar-refractivity contribution >= 4 is 0 Å². The van der Waals surface area contributed by atoms with Crippen molar-refractivity contribution in [3.63, 3.8) is 0 Å². The Balaban J connectivity index is 1.67. The van der Waals surface area contributed by atoms with E-state index >= 15 is 0 Å². The van der Waals surface area contributed by atoms with Gasteiger partial charge in [0.15, 0.2) is 0 Å². The molecule has 1 aromatic carbocycles. The van der Waals surface area contributed by atoms with Crippen LogP contribution in [0.5, 0.6) is 0 Å². The smallest absolute Gasteiger partial charge is 0.128 e. The van der Waals surface area contributed by atoms with E-state index < -0.39 is 17.7 Å². The molecule has 1 atom stereocenters. The molecule has 0 amide bonds. The molecule has 0 heterocycles. The van der Waals surface area contributed by atoms with Gasteiger partial charge >= 0.3 is 0 Å². The van der Waals surface area contributed by atoms with Gasteiger partial charge in [0.25, 0.3) is 0 Å². The quantitative estimate of drug-likeness (QED) is 0.858. The van der Waals surface area contributed by atoms with E-state index in [1.165, 1.54) is 31.7 Å². The molecule has 3 rings (SSSR count). The molecule has 2 fully saturated rings. The van der Waals surface area contributed by atoms with Gasteiger partial charge in [0.05, 0.1) is 0 Å². The predicted molar refractivity (Wildman–Crippen MR) is 70.6 cm³/mol. The molecule has 19 heavy (non-hydrogen) atoms. The van der Waals surface area contributed by atoms with Crippen molar-refractivity contribution in [1.29, 1.82) is 0 Å². The third-order valence-electron chi connectivity index (χ3n) is 4.04. The molecule has 2 N–H and O–H groups in total. The molecule has 0 radical (unpaired) electrons. The molecule has 0 aliphatic heterocycles. The third-order valence-corrected chi connectivity index (χ3v) is 4.04. The van der Waals surface area contributed by atoms with Gasteiger partial charge < -0.3 is 5.73 Å². The van der Waals surface area contributed by atoms with Crippen LogP contribution in [0.15, 0.2) is 18.2 Å². The molecule has 4 heteroatoms. The van der Waals surface area contributed by atoms with Gasteiger partial charge in [-0.1, -0.05) is 0 Å². The highest BCUT2D eigenvalue weighted by molar-refractivity contribution is 5.22. The monoisotopic (exact) mass is 266 g/mol. The second kappa shape index (κ2) is 5.17. The fourth-order valence-electron chi connectivity index (χ4n) is 2.59. The molecule has 0 saturated heterocycles. The van der Waals surface area contributed by atoms with Crippen molar-refractivity contribution in [3.05, 3.63) is 35.4 Å². The van der Waals surface area contributed by atoms with Crippen LogP contribution in [0.1, 0.15) is 37.3 Å². The van der Waals surface area contributed by atoms with Crippen LogP contribution in [0.2, 0.25) is 0 Å². The van der Waals surface area contributed by atoms with Gasteiger partial charge in [0, 0.05) is 30.7 Å². The highest BCUT2D eigenvalue weighted by Crippen LogP contribution is 2.35. The van der Waals surface area contributed by atoms with E-state index in [0.717, 1.165) is 24.6 Å². The van der Waals surface area contributed by atoms with Gasteiger partial charge in [0.2, 0.25) is 0 Å². The Morgan fingerprint density at radius 3 is 2.58 bits per heavy atom. The van der Waals surface area contributed by atoms with E-state index in [0.29, 0.717) is 18.2 Å². The highest BCUT2D eigenvalue weighted by Gasteiger charge is 2.34. The second-order valence-corrected chi connectivity index (χ2v) is 5.90. The molecule has 2 nitrogen and oxygen atoms in total. The van der Waals surface area contributed by atoms with Gasteiger partial charge in [-0.15, -0.1) is 0 Å². The zero-order chi connectivity index (χ0) is 13.4. The maximum absolute atomic E-state index is 13.7. The SMILES string of the molecule is NC(CN(CC1CC1)C1CC1)c1cc(F)ccc1F. The first kappa shape index (κ1) is 13.0. The van der Waals surface area contributed by atoms with E-state index in [1.807, 2.05) is 0 Å². The van der Waals surface area contributed by atoms with Crippen LogP contribution < -0.4 is 5.73 Å². The number of nitrogens with two attached hydrogens (primary N) is 1. The maximum Gasteiger partial charge on any atom is 0.128 e. The molecule has 2 saturated carbocycles. The van der Waals surface area contributed by atoms with Gasteiger partial charge in [-0.2, -0.15) is 0 Å². The van der Waals surface area contributed by atoms with Gasteiger partial charge in [-0.3, -0.25) is 4.90 Å². The summed E-state index contributed by atoms with van der Waals surface area (Å²) in [4.78, 5) is 2.37. The largest absolute Gasteiger partial charge is 0.323 e. The maximum atomic E-state index is 13.7. The lowest BCUT2D eigenvalue weighted by Gasteiger charge is -2.26. The Hall–Kier alpha value is -1.00. The average molecular weight is 266 g/mol. The second-order valence-electron chi connectivity index (χ2n) is 5.90. The summed E-state index contributed by atoms with van der Waals surface area (Å²) in [6, 6.07) is 3.68. The molecule has 0 aromatic heterocycles. The standard InChI is InChI=1S/C15H20F2N2/c16-11-3-6-14(17)13(7-11)15(18)9-19(12-4-5-12)8-10-1-2-10/h3,6-7,10,12,15H,1-2,4-5,8-9,18H2. The summed E-state index contributed by atoms with van der Waals surface area (Å²) in [5.74, 6) is -0.0340. The predicted octanol–water partition coefficient (Wildman–Crippen LogP) is 2.84. The summed E-state index contributed by atoms with van der Waals surface area (Å²) in [5.41, 5.74) is 6.37. The lowest BCUT2D eigenvalue weighted by Crippen LogP contribution is -2.35. The summed E-state index contributed by atoms with van der Waals surface area (Å²) >= 11 is 0. The number of rotatable bonds is 6. The van der Waals surface area contributed by atoms with Crippen molar-refractivity contribution < 1.29 is 8.78 Å². The van der Waals surface area contributed by atoms with Crippen LogP contribution in [-0.2, 0) is 0 Å². The highest BCUT2D eigenvalue weighted by atomic mass is 19.1. The van der Waals surface area contributed by atoms with Crippen LogP contribution in [-0.4, -0.2) is 24.0 Å². The van der Waals surface area contributed by atoms with Crippen LogP contribution in [0.4, 0.5) is 8.78 Å². The minimum atomic E-state index is -0.449. The Kier molecular flexibility index (Phi) is 3.54.